The van der Waals surface area contributed by atoms with E-state index in [9.17, 15) is 19.5 Å². The van der Waals surface area contributed by atoms with Crippen LogP contribution in [0, 0.1) is 11.8 Å². The minimum atomic E-state index is -0.980. The van der Waals surface area contributed by atoms with Gasteiger partial charge in [0.25, 0.3) is 0 Å². The van der Waals surface area contributed by atoms with Gasteiger partial charge in [0.05, 0.1) is 7.11 Å². The van der Waals surface area contributed by atoms with Crippen LogP contribution in [0.3, 0.4) is 0 Å². The van der Waals surface area contributed by atoms with Crippen molar-refractivity contribution in [2.75, 3.05) is 7.11 Å². The number of ether oxygens (including phenoxy) is 1. The molecule has 20 heavy (non-hydrogen) atoms. The first-order chi connectivity index (χ1) is 9.36. The van der Waals surface area contributed by atoms with Gasteiger partial charge < -0.3 is 20.1 Å². The Bertz CT molecular complexity index is 436. The van der Waals surface area contributed by atoms with Crippen molar-refractivity contribution >= 4 is 18.0 Å². The number of carbonyl (C=O) groups is 3. The molecule has 0 aromatic rings. The van der Waals surface area contributed by atoms with Crippen LogP contribution in [0.5, 0.6) is 0 Å². The van der Waals surface area contributed by atoms with Crippen LogP contribution in [-0.4, -0.2) is 53.2 Å². The number of nitrogens with zero attached hydrogens (tertiary/aromatic N) is 1. The van der Waals surface area contributed by atoms with Gasteiger partial charge in [0.15, 0.2) is 0 Å². The number of carboxylic acid groups (broad SMARTS) is 1. The first-order valence-electron chi connectivity index (χ1n) is 6.76. The fourth-order valence-corrected chi connectivity index (χ4v) is 2.85. The molecular weight excluding hydrogens is 264 g/mol. The van der Waals surface area contributed by atoms with Crippen molar-refractivity contribution in [2.24, 2.45) is 11.8 Å². The summed E-state index contributed by atoms with van der Waals surface area (Å²) >= 11 is 0. The number of likely N-dealkylation sites (tertiary alicyclic amines) is 1. The number of carbonyl (C=O) groups excluding carboxylic acids is 2. The van der Waals surface area contributed by atoms with Crippen LogP contribution in [0.1, 0.15) is 26.7 Å². The van der Waals surface area contributed by atoms with E-state index in [4.69, 9.17) is 0 Å². The molecule has 0 aromatic heterocycles. The Labute approximate surface area is 117 Å². The van der Waals surface area contributed by atoms with Gasteiger partial charge in [0.1, 0.15) is 12.1 Å². The monoisotopic (exact) mass is 284 g/mol. The van der Waals surface area contributed by atoms with Gasteiger partial charge in [-0.25, -0.2) is 9.59 Å². The number of hydrogen-bond donors (Lipinski definition) is 2. The fraction of sp³-hybridized carbons (Fsp3) is 0.769. The molecular formula is C13H20N2O5. The molecule has 1 saturated heterocycles. The SMILES string of the molecule is COC(=O)NC(C(=O)N1[C@@H]2C[C@@H]2C[C@H]1C(=O)O)C(C)C. The summed E-state index contributed by atoms with van der Waals surface area (Å²) in [5.41, 5.74) is 0. The first-order valence-corrected chi connectivity index (χ1v) is 6.76. The largest absolute Gasteiger partial charge is 0.480 e. The van der Waals surface area contributed by atoms with E-state index in [2.05, 4.69) is 10.1 Å². The topological polar surface area (TPSA) is 95.9 Å². The number of amides is 2. The van der Waals surface area contributed by atoms with E-state index < -0.39 is 24.1 Å². The maximum Gasteiger partial charge on any atom is 0.407 e. The summed E-state index contributed by atoms with van der Waals surface area (Å²) in [5.74, 6) is -1.16. The van der Waals surface area contributed by atoms with Crippen LogP contribution < -0.4 is 5.32 Å². The molecule has 112 valence electrons. The number of carboxylic acids is 1. The second kappa shape index (κ2) is 5.30. The molecule has 2 rings (SSSR count). The highest BCUT2D eigenvalue weighted by atomic mass is 16.5. The number of aliphatic carboxylic acids is 1. The zero-order valence-electron chi connectivity index (χ0n) is 11.8. The fourth-order valence-electron chi connectivity index (χ4n) is 2.85. The van der Waals surface area contributed by atoms with E-state index in [1.54, 1.807) is 13.8 Å². The van der Waals surface area contributed by atoms with Gasteiger partial charge in [-0.1, -0.05) is 13.8 Å². The number of piperidine rings is 1. The van der Waals surface area contributed by atoms with Crippen molar-refractivity contribution in [1.29, 1.82) is 0 Å². The summed E-state index contributed by atoms with van der Waals surface area (Å²) in [6.07, 6.45) is 0.684. The normalized spacial score (nSPS) is 28.8. The number of methoxy groups -OCH3 is 1. The maximum absolute atomic E-state index is 12.6. The molecule has 7 heteroatoms. The molecule has 0 spiro atoms. The Kier molecular flexibility index (Phi) is 3.87. The van der Waals surface area contributed by atoms with Crippen molar-refractivity contribution in [3.05, 3.63) is 0 Å². The Balaban J connectivity index is 2.14. The highest BCUT2D eigenvalue weighted by Gasteiger charge is 2.57. The third kappa shape index (κ3) is 2.57. The van der Waals surface area contributed by atoms with E-state index in [0.29, 0.717) is 12.3 Å². The Morgan fingerprint density at radius 3 is 2.45 bits per heavy atom. The summed E-state index contributed by atoms with van der Waals surface area (Å²) in [5, 5.41) is 11.7. The highest BCUT2D eigenvalue weighted by Crippen LogP contribution is 2.48. The zero-order chi connectivity index (χ0) is 15.0. The molecule has 7 nitrogen and oxygen atoms in total. The van der Waals surface area contributed by atoms with Gasteiger partial charge >= 0.3 is 12.1 Å². The lowest BCUT2D eigenvalue weighted by Gasteiger charge is -2.30. The van der Waals surface area contributed by atoms with Crippen LogP contribution in [0.4, 0.5) is 4.79 Å². The lowest BCUT2D eigenvalue weighted by molar-refractivity contribution is -0.150. The van der Waals surface area contributed by atoms with Crippen LogP contribution in [0.25, 0.3) is 0 Å². The average Bonchev–Trinajstić information content (AvgIpc) is 3.05. The van der Waals surface area contributed by atoms with Crippen LogP contribution in [0.15, 0.2) is 0 Å². The molecule has 1 unspecified atom stereocenters. The number of nitrogens with one attached hydrogen (secondary N) is 1. The van der Waals surface area contributed by atoms with Gasteiger partial charge in [-0.2, -0.15) is 0 Å². The minimum Gasteiger partial charge on any atom is -0.480 e. The molecule has 0 radical (unpaired) electrons. The molecule has 0 bridgehead atoms. The van der Waals surface area contributed by atoms with Crippen molar-refractivity contribution in [1.82, 2.24) is 10.2 Å². The molecule has 2 fully saturated rings. The van der Waals surface area contributed by atoms with Crippen molar-refractivity contribution in [3.8, 4) is 0 Å². The predicted octanol–water partition coefficient (Wildman–Crippen LogP) is 0.441. The van der Waals surface area contributed by atoms with E-state index in [1.165, 1.54) is 12.0 Å². The van der Waals surface area contributed by atoms with Crippen molar-refractivity contribution < 1.29 is 24.2 Å². The summed E-state index contributed by atoms with van der Waals surface area (Å²) in [6, 6.07) is -1.51. The van der Waals surface area contributed by atoms with Gasteiger partial charge in [0.2, 0.25) is 5.91 Å². The van der Waals surface area contributed by atoms with Crippen molar-refractivity contribution in [3.63, 3.8) is 0 Å². The summed E-state index contributed by atoms with van der Waals surface area (Å²) < 4.78 is 4.52. The van der Waals surface area contributed by atoms with E-state index in [-0.39, 0.29) is 17.9 Å². The molecule has 2 N–H and O–H groups in total. The number of alkyl carbamates (subject to hydrolysis) is 1. The standard InChI is InChI=1S/C13H20N2O5/c1-6(2)10(14-13(19)20-3)11(16)15-8-4-7(8)5-9(15)12(17)18/h6-10H,4-5H2,1-3H3,(H,14,19)(H,17,18)/t7-,8-,9+,10?/m1/s1. The van der Waals surface area contributed by atoms with E-state index >= 15 is 0 Å². The molecule has 2 aliphatic rings. The molecule has 2 amide bonds. The Morgan fingerprint density at radius 2 is 1.95 bits per heavy atom. The van der Waals surface area contributed by atoms with E-state index in [1.807, 2.05) is 0 Å². The third-order valence-corrected chi connectivity index (χ3v) is 4.04. The maximum atomic E-state index is 12.6. The first kappa shape index (κ1) is 14.6. The van der Waals surface area contributed by atoms with Crippen LogP contribution in [0.2, 0.25) is 0 Å². The molecule has 4 atom stereocenters. The van der Waals surface area contributed by atoms with Crippen molar-refractivity contribution in [2.45, 2.75) is 44.8 Å². The van der Waals surface area contributed by atoms with Gasteiger partial charge in [-0.15, -0.1) is 0 Å². The molecule has 1 saturated carbocycles. The molecule has 0 aromatic carbocycles. The summed E-state index contributed by atoms with van der Waals surface area (Å²) in [7, 11) is 1.23. The second-order valence-corrected chi connectivity index (χ2v) is 5.76. The van der Waals surface area contributed by atoms with E-state index in [0.717, 1.165) is 6.42 Å². The molecule has 1 heterocycles. The number of hydrogen-bond acceptors (Lipinski definition) is 4. The summed E-state index contributed by atoms with van der Waals surface area (Å²) in [6.45, 7) is 3.60. The third-order valence-electron chi connectivity index (χ3n) is 4.04. The lowest BCUT2D eigenvalue weighted by atomic mass is 10.0. The van der Waals surface area contributed by atoms with Gasteiger partial charge in [0, 0.05) is 6.04 Å². The summed E-state index contributed by atoms with van der Waals surface area (Å²) in [4.78, 5) is 36.6. The smallest absolute Gasteiger partial charge is 0.407 e. The minimum absolute atomic E-state index is 0.0179. The van der Waals surface area contributed by atoms with Gasteiger partial charge in [-0.3, -0.25) is 4.79 Å². The van der Waals surface area contributed by atoms with Crippen LogP contribution >= 0.6 is 0 Å². The number of rotatable bonds is 4. The molecule has 1 aliphatic heterocycles. The quantitative estimate of drug-likeness (QED) is 0.781. The zero-order valence-corrected chi connectivity index (χ0v) is 11.8. The second-order valence-electron chi connectivity index (χ2n) is 5.76. The Morgan fingerprint density at radius 1 is 1.30 bits per heavy atom. The van der Waals surface area contributed by atoms with Crippen LogP contribution in [-0.2, 0) is 14.3 Å². The Hall–Kier alpha value is -1.79. The lowest BCUT2D eigenvalue weighted by Crippen LogP contribution is -2.54. The molecule has 1 aliphatic carbocycles. The predicted molar refractivity (Wildman–Crippen MR) is 68.9 cm³/mol. The highest BCUT2D eigenvalue weighted by molar-refractivity contribution is 5.90. The number of fused-ring (bicyclic) bond motifs is 1. The van der Waals surface area contributed by atoms with Gasteiger partial charge in [-0.05, 0) is 24.7 Å². The average molecular weight is 284 g/mol.